The van der Waals surface area contributed by atoms with Gasteiger partial charge >= 0.3 is 0 Å². The molecule has 4 aromatic rings. The first-order valence-corrected chi connectivity index (χ1v) is 10.6. The molecule has 31 heavy (non-hydrogen) atoms. The SMILES string of the molecule is CCOc1ccc(-c2noc(CCC(=O)Nc3nc(-c4ccc(F)cc4)cs3)n2)cc1. The number of aromatic nitrogens is 3. The second-order valence-electron chi connectivity index (χ2n) is 6.56. The number of thiazole rings is 1. The number of carbonyl (C=O) groups excluding carboxylic acids is 1. The molecule has 0 aliphatic carbocycles. The van der Waals surface area contributed by atoms with Gasteiger partial charge in [-0.1, -0.05) is 5.16 Å². The number of amides is 1. The van der Waals surface area contributed by atoms with E-state index in [1.165, 1.54) is 23.5 Å². The molecule has 1 amide bonds. The summed E-state index contributed by atoms with van der Waals surface area (Å²) in [5.41, 5.74) is 2.27. The van der Waals surface area contributed by atoms with E-state index in [2.05, 4.69) is 20.4 Å². The molecule has 9 heteroatoms. The Morgan fingerprint density at radius 3 is 2.58 bits per heavy atom. The molecule has 2 aromatic heterocycles. The summed E-state index contributed by atoms with van der Waals surface area (Å²) in [5.74, 6) is 1.10. The number of carbonyl (C=O) groups is 1. The van der Waals surface area contributed by atoms with E-state index in [0.29, 0.717) is 35.6 Å². The molecule has 1 N–H and O–H groups in total. The minimum atomic E-state index is -0.306. The van der Waals surface area contributed by atoms with Crippen molar-refractivity contribution in [3.05, 3.63) is 65.6 Å². The molecule has 7 nitrogen and oxygen atoms in total. The van der Waals surface area contributed by atoms with Gasteiger partial charge in [0.2, 0.25) is 17.6 Å². The molecule has 2 heterocycles. The quantitative estimate of drug-likeness (QED) is 0.418. The molecule has 0 spiro atoms. The zero-order chi connectivity index (χ0) is 21.6. The number of nitrogens with one attached hydrogen (secondary N) is 1. The predicted octanol–water partition coefficient (Wildman–Crippen LogP) is 4.97. The van der Waals surface area contributed by atoms with E-state index in [9.17, 15) is 9.18 Å². The van der Waals surface area contributed by atoms with Gasteiger partial charge in [-0.25, -0.2) is 9.37 Å². The normalized spacial score (nSPS) is 10.8. The first-order valence-electron chi connectivity index (χ1n) is 9.68. The molecular weight excluding hydrogens is 419 g/mol. The monoisotopic (exact) mass is 438 g/mol. The Morgan fingerprint density at radius 1 is 1.10 bits per heavy atom. The van der Waals surface area contributed by atoms with Crippen LogP contribution in [0.25, 0.3) is 22.6 Å². The summed E-state index contributed by atoms with van der Waals surface area (Å²) in [5, 5.41) is 9.02. The van der Waals surface area contributed by atoms with E-state index >= 15 is 0 Å². The standard InChI is InChI=1S/C22H19FN4O3S/c1-2-29-17-9-5-15(6-10-17)21-26-20(30-27-21)12-11-19(28)25-22-24-18(13-31-22)14-3-7-16(23)8-4-14/h3-10,13H,2,11-12H2,1H3,(H,24,25,28). The van der Waals surface area contributed by atoms with Crippen molar-refractivity contribution in [1.29, 1.82) is 0 Å². The van der Waals surface area contributed by atoms with Gasteiger partial charge in [0.05, 0.1) is 12.3 Å². The summed E-state index contributed by atoms with van der Waals surface area (Å²) in [6, 6.07) is 13.4. The van der Waals surface area contributed by atoms with Crippen LogP contribution in [0.15, 0.2) is 58.4 Å². The highest BCUT2D eigenvalue weighted by atomic mass is 32.1. The summed E-state index contributed by atoms with van der Waals surface area (Å²) >= 11 is 1.31. The van der Waals surface area contributed by atoms with Gasteiger partial charge in [-0.2, -0.15) is 4.98 Å². The Balaban J connectivity index is 1.31. The number of rotatable bonds is 8. The molecule has 0 radical (unpaired) electrons. The molecule has 0 unspecified atom stereocenters. The van der Waals surface area contributed by atoms with Crippen LogP contribution in [-0.2, 0) is 11.2 Å². The topological polar surface area (TPSA) is 90.1 Å². The number of halogens is 1. The third-order valence-electron chi connectivity index (χ3n) is 4.35. The van der Waals surface area contributed by atoms with E-state index in [4.69, 9.17) is 9.26 Å². The third kappa shape index (κ3) is 5.32. The number of nitrogens with zero attached hydrogens (tertiary/aromatic N) is 3. The Morgan fingerprint density at radius 2 is 1.84 bits per heavy atom. The molecule has 2 aromatic carbocycles. The van der Waals surface area contributed by atoms with Crippen LogP contribution in [0.5, 0.6) is 5.75 Å². The summed E-state index contributed by atoms with van der Waals surface area (Å²) in [6.45, 7) is 2.52. The molecule has 0 saturated heterocycles. The van der Waals surface area contributed by atoms with Gasteiger partial charge in [-0.3, -0.25) is 4.79 Å². The maximum Gasteiger partial charge on any atom is 0.227 e. The van der Waals surface area contributed by atoms with Crippen molar-refractivity contribution in [1.82, 2.24) is 15.1 Å². The molecule has 0 saturated carbocycles. The molecule has 0 aliphatic rings. The highest BCUT2D eigenvalue weighted by molar-refractivity contribution is 7.14. The number of hydrogen-bond donors (Lipinski definition) is 1. The van der Waals surface area contributed by atoms with E-state index in [0.717, 1.165) is 16.9 Å². The van der Waals surface area contributed by atoms with Gasteiger partial charge in [0.1, 0.15) is 11.6 Å². The van der Waals surface area contributed by atoms with Crippen LogP contribution < -0.4 is 10.1 Å². The number of hydrogen-bond acceptors (Lipinski definition) is 7. The molecule has 4 rings (SSSR count). The Hall–Kier alpha value is -3.59. The van der Waals surface area contributed by atoms with Crippen LogP contribution in [0, 0.1) is 5.82 Å². The van der Waals surface area contributed by atoms with Crippen molar-refractivity contribution in [3.8, 4) is 28.4 Å². The number of benzene rings is 2. The van der Waals surface area contributed by atoms with Gasteiger partial charge in [0, 0.05) is 29.3 Å². The smallest absolute Gasteiger partial charge is 0.227 e. The van der Waals surface area contributed by atoms with E-state index in [-0.39, 0.29) is 18.1 Å². The largest absolute Gasteiger partial charge is 0.494 e. The average molecular weight is 438 g/mol. The lowest BCUT2D eigenvalue weighted by Gasteiger charge is -2.02. The van der Waals surface area contributed by atoms with Gasteiger partial charge < -0.3 is 14.6 Å². The van der Waals surface area contributed by atoms with E-state index in [1.807, 2.05) is 36.6 Å². The van der Waals surface area contributed by atoms with Gasteiger partial charge in [-0.15, -0.1) is 11.3 Å². The molecule has 0 fully saturated rings. The lowest BCUT2D eigenvalue weighted by Crippen LogP contribution is -2.12. The number of anilines is 1. The minimum Gasteiger partial charge on any atom is -0.494 e. The van der Waals surface area contributed by atoms with Crippen molar-refractivity contribution in [3.63, 3.8) is 0 Å². The molecule has 0 aliphatic heterocycles. The van der Waals surface area contributed by atoms with Crippen molar-refractivity contribution in [2.45, 2.75) is 19.8 Å². The van der Waals surface area contributed by atoms with Crippen molar-refractivity contribution < 1.29 is 18.4 Å². The van der Waals surface area contributed by atoms with Crippen LogP contribution in [0.3, 0.4) is 0 Å². The fourth-order valence-electron chi connectivity index (χ4n) is 2.83. The van der Waals surface area contributed by atoms with Gasteiger partial charge in [0.25, 0.3) is 0 Å². The summed E-state index contributed by atoms with van der Waals surface area (Å²) in [6.07, 6.45) is 0.489. The molecule has 0 atom stereocenters. The van der Waals surface area contributed by atoms with Crippen LogP contribution in [0.2, 0.25) is 0 Å². The average Bonchev–Trinajstić information content (AvgIpc) is 3.44. The maximum atomic E-state index is 13.0. The van der Waals surface area contributed by atoms with E-state index in [1.54, 1.807) is 12.1 Å². The third-order valence-corrected chi connectivity index (χ3v) is 5.11. The predicted molar refractivity (Wildman–Crippen MR) is 115 cm³/mol. The molecule has 0 bridgehead atoms. The second-order valence-corrected chi connectivity index (χ2v) is 7.42. The molecular formula is C22H19FN4O3S. The summed E-state index contributed by atoms with van der Waals surface area (Å²) in [7, 11) is 0. The highest BCUT2D eigenvalue weighted by Crippen LogP contribution is 2.25. The zero-order valence-corrected chi connectivity index (χ0v) is 17.5. The highest BCUT2D eigenvalue weighted by Gasteiger charge is 2.13. The Kier molecular flexibility index (Phi) is 6.32. The summed E-state index contributed by atoms with van der Waals surface area (Å²) in [4.78, 5) is 21.0. The Labute approximate surface area is 181 Å². The van der Waals surface area contributed by atoms with Gasteiger partial charge in [0.15, 0.2) is 5.13 Å². The van der Waals surface area contributed by atoms with Crippen molar-refractivity contribution in [2.24, 2.45) is 0 Å². The fourth-order valence-corrected chi connectivity index (χ4v) is 3.56. The van der Waals surface area contributed by atoms with E-state index < -0.39 is 0 Å². The summed E-state index contributed by atoms with van der Waals surface area (Å²) < 4.78 is 23.7. The minimum absolute atomic E-state index is 0.177. The fraction of sp³-hybridized carbons (Fsp3) is 0.182. The van der Waals surface area contributed by atoms with Crippen molar-refractivity contribution >= 4 is 22.4 Å². The van der Waals surface area contributed by atoms with Crippen molar-refractivity contribution in [2.75, 3.05) is 11.9 Å². The lowest BCUT2D eigenvalue weighted by molar-refractivity contribution is -0.116. The number of aryl methyl sites for hydroxylation is 1. The number of ether oxygens (including phenoxy) is 1. The van der Waals surface area contributed by atoms with Crippen LogP contribution >= 0.6 is 11.3 Å². The first kappa shape index (κ1) is 20.7. The molecule has 158 valence electrons. The zero-order valence-electron chi connectivity index (χ0n) is 16.7. The maximum absolute atomic E-state index is 13.0. The Bertz CT molecular complexity index is 1160. The first-order chi connectivity index (χ1) is 15.1. The van der Waals surface area contributed by atoms with Gasteiger partial charge in [-0.05, 0) is 55.5 Å². The van der Waals surface area contributed by atoms with Crippen LogP contribution in [0.1, 0.15) is 19.2 Å². The van der Waals surface area contributed by atoms with Crippen LogP contribution in [0.4, 0.5) is 9.52 Å². The lowest BCUT2D eigenvalue weighted by atomic mass is 10.2. The van der Waals surface area contributed by atoms with Crippen LogP contribution in [-0.4, -0.2) is 27.6 Å². The second kappa shape index (κ2) is 9.48.